The Balaban J connectivity index is 0. The van der Waals surface area contributed by atoms with Crippen LogP contribution >= 0.6 is 0 Å². The molecule has 4 nitrogen and oxygen atoms in total. The minimum atomic E-state index is 0. The summed E-state index contributed by atoms with van der Waals surface area (Å²) < 4.78 is 0. The summed E-state index contributed by atoms with van der Waals surface area (Å²) >= 11 is 0. The van der Waals surface area contributed by atoms with Crippen LogP contribution in [0.1, 0.15) is 13.8 Å². The molecule has 0 saturated carbocycles. The van der Waals surface area contributed by atoms with Gasteiger partial charge in [0.05, 0.1) is 6.61 Å². The molecule has 0 amide bonds. The zero-order chi connectivity index (χ0) is 8.74. The molecular weight excluding hydrogens is 182 g/mol. The Morgan fingerprint density at radius 2 is 1.58 bits per heavy atom. The van der Waals surface area contributed by atoms with Crippen molar-refractivity contribution in [2.75, 3.05) is 33.4 Å². The van der Waals surface area contributed by atoms with Crippen molar-refractivity contribution in [3.63, 3.8) is 0 Å². The number of quaternary nitrogens is 1. The van der Waals surface area contributed by atoms with Gasteiger partial charge >= 0.3 is 0 Å². The molecule has 1 N–H and O–H groups in total. The van der Waals surface area contributed by atoms with E-state index in [0.717, 1.165) is 0 Å². The molecule has 0 unspecified atom stereocenters. The van der Waals surface area contributed by atoms with Crippen LogP contribution in [0.25, 0.3) is 0 Å². The number of aliphatic hydroxyl groups excluding tert-OH is 1. The fraction of sp³-hybridized carbons (Fsp3) is 1.00. The smallest absolute Gasteiger partial charge is 0.165 e. The van der Waals surface area contributed by atoms with Gasteiger partial charge in [-0.05, 0) is 18.7 Å². The van der Waals surface area contributed by atoms with E-state index in [4.69, 9.17) is 14.8 Å². The number of nitrogens with zero attached hydrogens (tertiary/aromatic N) is 1. The van der Waals surface area contributed by atoms with E-state index in [9.17, 15) is 0 Å². The van der Waals surface area contributed by atoms with E-state index >= 15 is 0 Å². The van der Waals surface area contributed by atoms with Crippen LogP contribution < -0.4 is 12.4 Å². The second-order valence-corrected chi connectivity index (χ2v) is 2.30. The number of likely N-dealkylation sites (N-methyl/N-ethyl adjacent to an activating group) is 1. The maximum absolute atomic E-state index is 8.68. The largest absolute Gasteiger partial charge is 1.00 e. The van der Waals surface area contributed by atoms with Gasteiger partial charge < -0.3 is 17.5 Å². The molecule has 0 atom stereocenters. The maximum Gasteiger partial charge on any atom is 0.165 e. The Labute approximate surface area is 80.0 Å². The molecule has 0 aliphatic carbocycles. The predicted octanol–water partition coefficient (Wildman–Crippen LogP) is -2.67. The molecule has 0 aromatic rings. The number of hydrogen-bond donors (Lipinski definition) is 1. The third-order valence-corrected chi connectivity index (χ3v) is 1.31. The standard InChI is InChI=1S/C7H18NO3.ClH/c1-4-10-8(3,6-7-9)11-5-2;/h9H,4-7H2,1-3H3;1H/q+1;/p-1. The zero-order valence-electron chi connectivity index (χ0n) is 7.92. The summed E-state index contributed by atoms with van der Waals surface area (Å²) in [6.45, 7) is 5.48. The molecule has 0 aliphatic rings. The Bertz CT molecular complexity index is 85.6. The lowest BCUT2D eigenvalue weighted by atomic mass is 10.7. The van der Waals surface area contributed by atoms with Crippen molar-refractivity contribution in [1.29, 1.82) is 0 Å². The number of hydrogen-bond acceptors (Lipinski definition) is 3. The van der Waals surface area contributed by atoms with Gasteiger partial charge in [0.1, 0.15) is 20.3 Å². The molecule has 5 heteroatoms. The summed E-state index contributed by atoms with van der Waals surface area (Å²) in [5.41, 5.74) is 0. The zero-order valence-corrected chi connectivity index (χ0v) is 8.67. The first-order chi connectivity index (χ1) is 5.18. The van der Waals surface area contributed by atoms with Crippen molar-refractivity contribution in [2.24, 2.45) is 0 Å². The number of rotatable bonds is 6. The molecule has 12 heavy (non-hydrogen) atoms. The van der Waals surface area contributed by atoms with Gasteiger partial charge in [-0.1, -0.05) is 0 Å². The van der Waals surface area contributed by atoms with Gasteiger partial charge in [-0.3, -0.25) is 0 Å². The molecule has 0 aliphatic heterocycles. The number of hydroxylamine groups is 4. The van der Waals surface area contributed by atoms with Crippen LogP contribution in [-0.2, 0) is 9.68 Å². The van der Waals surface area contributed by atoms with Crippen molar-refractivity contribution in [1.82, 2.24) is 0 Å². The van der Waals surface area contributed by atoms with Crippen molar-refractivity contribution in [3.05, 3.63) is 0 Å². The van der Waals surface area contributed by atoms with Gasteiger partial charge in [-0.2, -0.15) is 9.68 Å². The van der Waals surface area contributed by atoms with Crippen LogP contribution in [0.4, 0.5) is 0 Å². The van der Waals surface area contributed by atoms with Gasteiger partial charge in [0.15, 0.2) is 6.54 Å². The molecular formula is C7H18ClNO3. The molecule has 76 valence electrons. The summed E-state index contributed by atoms with van der Waals surface area (Å²) in [5, 5.41) is 8.68. The van der Waals surface area contributed by atoms with Crippen molar-refractivity contribution >= 4 is 0 Å². The summed E-state index contributed by atoms with van der Waals surface area (Å²) in [6, 6.07) is 0. The SMILES string of the molecule is CCO[N+](C)(CCO)OCC.[Cl-]. The highest BCUT2D eigenvalue weighted by Gasteiger charge is 2.23. The van der Waals surface area contributed by atoms with Crippen LogP contribution in [0.5, 0.6) is 0 Å². The monoisotopic (exact) mass is 199 g/mol. The van der Waals surface area contributed by atoms with E-state index in [2.05, 4.69) is 0 Å². The van der Waals surface area contributed by atoms with Gasteiger partial charge in [-0.25, -0.2) is 0 Å². The molecule has 0 radical (unpaired) electrons. The topological polar surface area (TPSA) is 38.7 Å². The van der Waals surface area contributed by atoms with Gasteiger partial charge in [0.25, 0.3) is 0 Å². The Hall–Kier alpha value is 0.130. The van der Waals surface area contributed by atoms with Crippen LogP contribution in [0.15, 0.2) is 0 Å². The van der Waals surface area contributed by atoms with E-state index in [-0.39, 0.29) is 23.8 Å². The van der Waals surface area contributed by atoms with Crippen molar-refractivity contribution < 1.29 is 32.0 Å². The van der Waals surface area contributed by atoms with Gasteiger partial charge in [0, 0.05) is 0 Å². The molecule has 0 aromatic carbocycles. The maximum atomic E-state index is 8.68. The molecule has 0 saturated heterocycles. The van der Waals surface area contributed by atoms with Gasteiger partial charge in [-0.15, -0.1) is 0 Å². The van der Waals surface area contributed by atoms with E-state index < -0.39 is 0 Å². The van der Waals surface area contributed by atoms with Crippen molar-refractivity contribution in [2.45, 2.75) is 13.8 Å². The van der Waals surface area contributed by atoms with E-state index in [1.54, 1.807) is 7.05 Å². The Kier molecular flexibility index (Phi) is 9.47. The molecule has 0 bridgehead atoms. The van der Waals surface area contributed by atoms with E-state index in [0.29, 0.717) is 19.8 Å². The molecule has 0 rings (SSSR count). The average Bonchev–Trinajstić information content (AvgIpc) is 1.88. The second-order valence-electron chi connectivity index (χ2n) is 2.30. The predicted molar refractivity (Wildman–Crippen MR) is 41.4 cm³/mol. The third kappa shape index (κ3) is 5.74. The fourth-order valence-corrected chi connectivity index (χ4v) is 0.894. The first-order valence-electron chi connectivity index (χ1n) is 3.94. The quantitative estimate of drug-likeness (QED) is 0.375. The minimum Gasteiger partial charge on any atom is -1.00 e. The molecule has 0 heterocycles. The Morgan fingerprint density at radius 1 is 1.17 bits per heavy atom. The fourth-order valence-electron chi connectivity index (χ4n) is 0.894. The minimum absolute atomic E-state index is 0. The highest BCUT2D eigenvalue weighted by Crippen LogP contribution is 2.03. The van der Waals surface area contributed by atoms with Crippen LogP contribution in [0.2, 0.25) is 0 Å². The summed E-state index contributed by atoms with van der Waals surface area (Å²) in [7, 11) is 1.78. The lowest BCUT2D eigenvalue weighted by molar-refractivity contribution is -1.23. The van der Waals surface area contributed by atoms with Gasteiger partial charge in [0.2, 0.25) is 0 Å². The lowest BCUT2D eigenvalue weighted by Gasteiger charge is -2.26. The summed E-state index contributed by atoms with van der Waals surface area (Å²) in [6.07, 6.45) is 0. The van der Waals surface area contributed by atoms with Crippen LogP contribution in [0, 0.1) is 0 Å². The van der Waals surface area contributed by atoms with Crippen molar-refractivity contribution in [3.8, 4) is 0 Å². The normalized spacial score (nSPS) is 11.0. The first kappa shape index (κ1) is 14.6. The first-order valence-corrected chi connectivity index (χ1v) is 3.94. The molecule has 0 fully saturated rings. The third-order valence-electron chi connectivity index (χ3n) is 1.31. The average molecular weight is 200 g/mol. The summed E-state index contributed by atoms with van der Waals surface area (Å²) in [5.74, 6) is 0. The Morgan fingerprint density at radius 3 is 1.83 bits per heavy atom. The highest BCUT2D eigenvalue weighted by atomic mass is 35.5. The van der Waals surface area contributed by atoms with E-state index in [1.807, 2.05) is 13.8 Å². The number of aliphatic hydroxyl groups is 1. The van der Waals surface area contributed by atoms with Crippen LogP contribution in [-0.4, -0.2) is 43.3 Å². The van der Waals surface area contributed by atoms with E-state index in [1.165, 1.54) is 0 Å². The lowest BCUT2D eigenvalue weighted by Crippen LogP contribution is -3.00. The second kappa shape index (κ2) is 7.76. The molecule has 0 aromatic heterocycles. The molecule has 0 spiro atoms. The number of halogens is 1. The highest BCUT2D eigenvalue weighted by molar-refractivity contribution is 4.16. The van der Waals surface area contributed by atoms with Crippen LogP contribution in [0.3, 0.4) is 0 Å². The summed E-state index contributed by atoms with van der Waals surface area (Å²) in [4.78, 5) is 10.6.